The van der Waals surface area contributed by atoms with Crippen LogP contribution in [0.5, 0.6) is 0 Å². The Labute approximate surface area is 82.7 Å². The molecule has 0 heterocycles. The molecule has 0 N–H and O–H groups in total. The van der Waals surface area contributed by atoms with Crippen LogP contribution in [0.3, 0.4) is 0 Å². The monoisotopic (exact) mass is 173 g/mol. The Morgan fingerprint density at radius 3 is 2.92 bits per heavy atom. The third kappa shape index (κ3) is 3.26. The quantitative estimate of drug-likeness (QED) is 0.449. The van der Waals surface area contributed by atoms with Crippen molar-refractivity contribution in [1.82, 2.24) is 0 Å². The first-order valence-corrected chi connectivity index (χ1v) is 5.13. The average molecular weight is 173 g/mol. The first kappa shape index (κ1) is 10.4. The summed E-state index contributed by atoms with van der Waals surface area (Å²) < 4.78 is 0. The van der Waals surface area contributed by atoms with Crippen LogP contribution in [0.25, 0.3) is 0 Å². The van der Waals surface area contributed by atoms with Crippen LogP contribution >= 0.6 is 0 Å². The second kappa shape index (κ2) is 5.11. The molecule has 1 atom stereocenters. The van der Waals surface area contributed by atoms with Gasteiger partial charge in [0, 0.05) is 0 Å². The number of rotatable bonds is 4. The maximum absolute atomic E-state index is 4.06. The molecule has 0 nitrogen and oxygen atoms in total. The number of allylic oxidation sites excluding steroid dienone is 5. The molecule has 0 aromatic rings. The first-order chi connectivity index (χ1) is 6.24. The molecular weight excluding hydrogens is 155 g/mol. The molecule has 1 aliphatic rings. The second-order valence-corrected chi connectivity index (χ2v) is 3.65. The average Bonchev–Trinajstić information content (AvgIpc) is 2.18. The largest absolute Gasteiger partial charge is 0.159 e. The van der Waals surface area contributed by atoms with Gasteiger partial charge < -0.3 is 0 Å². The molecule has 0 amide bonds. The summed E-state index contributed by atoms with van der Waals surface area (Å²) in [7, 11) is 2.31. The van der Waals surface area contributed by atoms with Crippen LogP contribution in [0.1, 0.15) is 33.1 Å². The summed E-state index contributed by atoms with van der Waals surface area (Å²) in [6.07, 6.45) is 10.2. The van der Waals surface area contributed by atoms with Gasteiger partial charge in [0.15, 0.2) is 7.28 Å². The van der Waals surface area contributed by atoms with Crippen molar-refractivity contribution in [3.8, 4) is 0 Å². The van der Waals surface area contributed by atoms with E-state index in [0.29, 0.717) is 5.82 Å². The fraction of sp³-hybridized carbons (Fsp3) is 0.500. The lowest BCUT2D eigenvalue weighted by molar-refractivity contribution is 0.970. The predicted molar refractivity (Wildman–Crippen MR) is 61.1 cm³/mol. The van der Waals surface area contributed by atoms with E-state index in [0.717, 1.165) is 6.42 Å². The van der Waals surface area contributed by atoms with Crippen LogP contribution in [-0.4, -0.2) is 7.28 Å². The van der Waals surface area contributed by atoms with Crippen molar-refractivity contribution in [1.29, 1.82) is 0 Å². The van der Waals surface area contributed by atoms with E-state index in [4.69, 9.17) is 0 Å². The molecule has 1 aliphatic carbocycles. The Morgan fingerprint density at radius 1 is 1.62 bits per heavy atom. The molecule has 0 aromatic carbocycles. The summed E-state index contributed by atoms with van der Waals surface area (Å²) in [5.41, 5.74) is 2.69. The van der Waals surface area contributed by atoms with Crippen molar-refractivity contribution >= 4 is 7.28 Å². The Balaban J connectivity index is 2.43. The molecule has 1 unspecified atom stereocenters. The van der Waals surface area contributed by atoms with Crippen LogP contribution in [0.15, 0.2) is 35.9 Å². The van der Waals surface area contributed by atoms with Gasteiger partial charge >= 0.3 is 0 Å². The van der Waals surface area contributed by atoms with Crippen molar-refractivity contribution < 1.29 is 0 Å². The minimum atomic E-state index is 0.513. The van der Waals surface area contributed by atoms with Gasteiger partial charge in [-0.3, -0.25) is 0 Å². The normalized spacial score (nSPS) is 17.8. The lowest BCUT2D eigenvalue weighted by atomic mass is 9.56. The maximum atomic E-state index is 4.06. The maximum Gasteiger partial charge on any atom is 0.159 e. The van der Waals surface area contributed by atoms with Crippen LogP contribution < -0.4 is 0 Å². The van der Waals surface area contributed by atoms with E-state index in [1.165, 1.54) is 23.9 Å². The highest BCUT2D eigenvalue weighted by molar-refractivity contribution is 6.49. The molecule has 0 saturated carbocycles. The lowest BCUT2D eigenvalue weighted by Gasteiger charge is -2.14. The molecule has 1 radical (unpaired) electrons. The van der Waals surface area contributed by atoms with Crippen LogP contribution in [0.4, 0.5) is 0 Å². The van der Waals surface area contributed by atoms with Gasteiger partial charge in [-0.25, -0.2) is 0 Å². The van der Waals surface area contributed by atoms with Crippen LogP contribution in [0, 0.1) is 0 Å². The zero-order valence-electron chi connectivity index (χ0n) is 8.72. The zero-order chi connectivity index (χ0) is 9.68. The summed E-state index contributed by atoms with van der Waals surface area (Å²) in [5.74, 6) is 0.513. The van der Waals surface area contributed by atoms with E-state index in [9.17, 15) is 0 Å². The Kier molecular flexibility index (Phi) is 4.07. The van der Waals surface area contributed by atoms with Gasteiger partial charge in [0.25, 0.3) is 0 Å². The third-order valence-corrected chi connectivity index (χ3v) is 2.56. The van der Waals surface area contributed by atoms with Crippen molar-refractivity contribution in [2.24, 2.45) is 0 Å². The molecule has 0 aliphatic heterocycles. The summed E-state index contributed by atoms with van der Waals surface area (Å²) >= 11 is 0. The van der Waals surface area contributed by atoms with E-state index < -0.39 is 0 Å². The minimum Gasteiger partial charge on any atom is -0.100 e. The zero-order valence-corrected chi connectivity index (χ0v) is 8.72. The molecule has 0 aromatic heterocycles. The standard InChI is InChI=1S/C12H18B/c1-4-10(2)11(3)13-12-8-6-5-7-9-12/h6,8-9,11H,2,4-5,7H2,1,3H3. The number of hydrogen-bond acceptors (Lipinski definition) is 0. The number of hydrogen-bond donors (Lipinski definition) is 0. The minimum absolute atomic E-state index is 0.513. The van der Waals surface area contributed by atoms with Gasteiger partial charge in [-0.15, -0.1) is 6.58 Å². The smallest absolute Gasteiger partial charge is 0.100 e. The SMILES string of the molecule is C=C(CC)C(C)[B]C1=CCCC=C1. The summed E-state index contributed by atoms with van der Waals surface area (Å²) in [6.45, 7) is 8.44. The van der Waals surface area contributed by atoms with Gasteiger partial charge in [0.05, 0.1) is 0 Å². The molecule has 0 spiro atoms. The third-order valence-electron chi connectivity index (χ3n) is 2.56. The van der Waals surface area contributed by atoms with Gasteiger partial charge in [-0.05, 0) is 25.1 Å². The van der Waals surface area contributed by atoms with Crippen molar-refractivity contribution in [2.75, 3.05) is 0 Å². The summed E-state index contributed by atoms with van der Waals surface area (Å²) in [4.78, 5) is 0. The highest BCUT2D eigenvalue weighted by atomic mass is 14.0. The fourth-order valence-electron chi connectivity index (χ4n) is 1.49. The van der Waals surface area contributed by atoms with E-state index in [1.54, 1.807) is 0 Å². The summed E-state index contributed by atoms with van der Waals surface area (Å²) in [6, 6.07) is 0. The van der Waals surface area contributed by atoms with Gasteiger partial charge in [-0.2, -0.15) is 0 Å². The first-order valence-electron chi connectivity index (χ1n) is 5.13. The van der Waals surface area contributed by atoms with E-state index in [2.05, 4.69) is 45.9 Å². The van der Waals surface area contributed by atoms with Crippen molar-refractivity contribution in [2.45, 2.75) is 38.9 Å². The topological polar surface area (TPSA) is 0 Å². The second-order valence-electron chi connectivity index (χ2n) is 3.65. The highest BCUT2D eigenvalue weighted by Crippen LogP contribution is 2.21. The van der Waals surface area contributed by atoms with E-state index >= 15 is 0 Å². The Bertz CT molecular complexity index is 236. The van der Waals surface area contributed by atoms with Gasteiger partial charge in [0.1, 0.15) is 0 Å². The molecule has 0 saturated heterocycles. The lowest BCUT2D eigenvalue weighted by Crippen LogP contribution is -2.05. The van der Waals surface area contributed by atoms with E-state index in [-0.39, 0.29) is 0 Å². The molecule has 1 heteroatoms. The Morgan fingerprint density at radius 2 is 2.38 bits per heavy atom. The van der Waals surface area contributed by atoms with E-state index in [1.807, 2.05) is 0 Å². The molecule has 0 bridgehead atoms. The fourth-order valence-corrected chi connectivity index (χ4v) is 1.49. The van der Waals surface area contributed by atoms with Crippen LogP contribution in [0.2, 0.25) is 5.82 Å². The summed E-state index contributed by atoms with van der Waals surface area (Å²) in [5, 5.41) is 0. The highest BCUT2D eigenvalue weighted by Gasteiger charge is 2.09. The van der Waals surface area contributed by atoms with Gasteiger partial charge in [0.2, 0.25) is 0 Å². The van der Waals surface area contributed by atoms with Gasteiger partial charge in [-0.1, -0.05) is 43.1 Å². The molecule has 0 fully saturated rings. The van der Waals surface area contributed by atoms with Crippen molar-refractivity contribution in [3.05, 3.63) is 35.9 Å². The Hall–Kier alpha value is -0.715. The molecule has 13 heavy (non-hydrogen) atoms. The molecule has 1 rings (SSSR count). The van der Waals surface area contributed by atoms with Crippen LogP contribution in [-0.2, 0) is 0 Å². The predicted octanol–water partition coefficient (Wildman–Crippen LogP) is 3.70. The van der Waals surface area contributed by atoms with Crippen molar-refractivity contribution in [3.63, 3.8) is 0 Å². The molecule has 69 valence electrons. The molecular formula is C12H18B.